The first-order chi connectivity index (χ1) is 8.90. The van der Waals surface area contributed by atoms with Crippen LogP contribution in [-0.4, -0.2) is 24.0 Å². The summed E-state index contributed by atoms with van der Waals surface area (Å²) in [4.78, 5) is 23.3. The van der Waals surface area contributed by atoms with Gasteiger partial charge in [-0.25, -0.2) is 4.39 Å². The highest BCUT2D eigenvalue weighted by atomic mass is 19.1. The van der Waals surface area contributed by atoms with Crippen molar-refractivity contribution in [2.45, 2.75) is 25.3 Å². The predicted molar refractivity (Wildman–Crippen MR) is 67.3 cm³/mol. The predicted octanol–water partition coefficient (Wildman–Crippen LogP) is 1.21. The van der Waals surface area contributed by atoms with Crippen molar-refractivity contribution in [3.05, 3.63) is 29.1 Å². The molecule has 1 aliphatic heterocycles. The zero-order chi connectivity index (χ0) is 14.2. The van der Waals surface area contributed by atoms with E-state index in [0.29, 0.717) is 16.8 Å². The molecule has 1 aliphatic rings. The minimum atomic E-state index is -0.938. The van der Waals surface area contributed by atoms with Crippen LogP contribution in [0.25, 0.3) is 0 Å². The van der Waals surface area contributed by atoms with Gasteiger partial charge in [-0.3, -0.25) is 9.59 Å². The SMILES string of the molecule is CN1C(=O)Cc2cc(C(N)CCC(=O)O)cc(F)c21. The second kappa shape index (κ2) is 4.97. The lowest BCUT2D eigenvalue weighted by Crippen LogP contribution is -2.21. The summed E-state index contributed by atoms with van der Waals surface area (Å²) >= 11 is 0. The number of halogens is 1. The molecule has 19 heavy (non-hydrogen) atoms. The number of carbonyl (C=O) groups is 2. The van der Waals surface area contributed by atoms with E-state index in [1.165, 1.54) is 18.0 Å². The third-order valence-corrected chi connectivity index (χ3v) is 3.31. The Bertz CT molecular complexity index is 545. The fraction of sp³-hybridized carbons (Fsp3) is 0.385. The van der Waals surface area contributed by atoms with Crippen LogP contribution in [0.5, 0.6) is 0 Å². The van der Waals surface area contributed by atoms with Gasteiger partial charge < -0.3 is 15.7 Å². The average molecular weight is 266 g/mol. The number of likely N-dealkylation sites (N-methyl/N-ethyl adjacent to an activating group) is 1. The standard InChI is InChI=1S/C13H15FN2O3/c1-16-11(17)6-8-4-7(5-9(14)13(8)16)10(15)2-3-12(18)19/h4-5,10H,2-3,6,15H2,1H3,(H,18,19). The van der Waals surface area contributed by atoms with Gasteiger partial charge in [-0.15, -0.1) is 0 Å². The van der Waals surface area contributed by atoms with Crippen molar-refractivity contribution in [1.82, 2.24) is 0 Å². The van der Waals surface area contributed by atoms with E-state index < -0.39 is 17.8 Å². The summed E-state index contributed by atoms with van der Waals surface area (Å²) in [6, 6.07) is 2.42. The van der Waals surface area contributed by atoms with E-state index in [4.69, 9.17) is 10.8 Å². The minimum Gasteiger partial charge on any atom is -0.481 e. The Labute approximate surface area is 109 Å². The van der Waals surface area contributed by atoms with Gasteiger partial charge in [0.25, 0.3) is 0 Å². The van der Waals surface area contributed by atoms with Crippen LogP contribution >= 0.6 is 0 Å². The van der Waals surface area contributed by atoms with Gasteiger partial charge in [0.1, 0.15) is 5.82 Å². The van der Waals surface area contributed by atoms with E-state index in [0.717, 1.165) is 0 Å². The number of fused-ring (bicyclic) bond motifs is 1. The van der Waals surface area contributed by atoms with Crippen LogP contribution in [0, 0.1) is 5.82 Å². The van der Waals surface area contributed by atoms with Gasteiger partial charge in [-0.1, -0.05) is 6.07 Å². The molecular weight excluding hydrogens is 251 g/mol. The Hall–Kier alpha value is -1.95. The number of carboxylic acid groups (broad SMARTS) is 1. The quantitative estimate of drug-likeness (QED) is 0.858. The molecule has 102 valence electrons. The van der Waals surface area contributed by atoms with Crippen molar-refractivity contribution >= 4 is 17.6 Å². The topological polar surface area (TPSA) is 83.6 Å². The molecule has 0 radical (unpaired) electrons. The van der Waals surface area contributed by atoms with Crippen molar-refractivity contribution in [2.75, 3.05) is 11.9 Å². The third-order valence-electron chi connectivity index (χ3n) is 3.31. The molecule has 0 bridgehead atoms. The highest BCUT2D eigenvalue weighted by Gasteiger charge is 2.28. The number of nitrogens with zero attached hydrogens (tertiary/aromatic N) is 1. The summed E-state index contributed by atoms with van der Waals surface area (Å²) in [5.74, 6) is -1.59. The molecular formula is C13H15FN2O3. The maximum Gasteiger partial charge on any atom is 0.303 e. The molecule has 3 N–H and O–H groups in total. The lowest BCUT2D eigenvalue weighted by molar-refractivity contribution is -0.137. The zero-order valence-corrected chi connectivity index (χ0v) is 10.5. The average Bonchev–Trinajstić information content (AvgIpc) is 2.62. The number of hydrogen-bond donors (Lipinski definition) is 2. The first-order valence-corrected chi connectivity index (χ1v) is 5.96. The van der Waals surface area contributed by atoms with Crippen LogP contribution in [0.1, 0.15) is 30.0 Å². The van der Waals surface area contributed by atoms with Gasteiger partial charge in [-0.05, 0) is 23.6 Å². The van der Waals surface area contributed by atoms with Crippen molar-refractivity contribution in [3.8, 4) is 0 Å². The van der Waals surface area contributed by atoms with Gasteiger partial charge in [0.15, 0.2) is 0 Å². The Kier molecular flexibility index (Phi) is 3.53. The van der Waals surface area contributed by atoms with Gasteiger partial charge in [0.05, 0.1) is 12.1 Å². The van der Waals surface area contributed by atoms with Crippen molar-refractivity contribution in [3.63, 3.8) is 0 Å². The molecule has 0 aliphatic carbocycles. The normalized spacial score (nSPS) is 15.5. The summed E-state index contributed by atoms with van der Waals surface area (Å²) in [5.41, 5.74) is 7.27. The number of aliphatic carboxylic acids is 1. The smallest absolute Gasteiger partial charge is 0.303 e. The van der Waals surface area contributed by atoms with E-state index in [2.05, 4.69) is 0 Å². The molecule has 0 aromatic heterocycles. The maximum atomic E-state index is 14.0. The third kappa shape index (κ3) is 2.58. The van der Waals surface area contributed by atoms with Gasteiger partial charge >= 0.3 is 5.97 Å². The van der Waals surface area contributed by atoms with Crippen LogP contribution in [0.3, 0.4) is 0 Å². The zero-order valence-electron chi connectivity index (χ0n) is 10.5. The molecule has 0 saturated heterocycles. The fourth-order valence-electron chi connectivity index (χ4n) is 2.26. The van der Waals surface area contributed by atoms with Crippen LogP contribution < -0.4 is 10.6 Å². The van der Waals surface area contributed by atoms with Gasteiger partial charge in [0.2, 0.25) is 5.91 Å². The molecule has 1 aromatic rings. The number of rotatable bonds is 4. The van der Waals surface area contributed by atoms with Gasteiger partial charge in [-0.2, -0.15) is 0 Å². The molecule has 0 saturated carbocycles. The Morgan fingerprint density at radius 3 is 2.89 bits per heavy atom. The summed E-state index contributed by atoms with van der Waals surface area (Å²) < 4.78 is 14.0. The second-order valence-corrected chi connectivity index (χ2v) is 4.68. The van der Waals surface area contributed by atoms with Crippen LogP contribution in [0.2, 0.25) is 0 Å². The van der Waals surface area contributed by atoms with E-state index in [-0.39, 0.29) is 25.2 Å². The van der Waals surface area contributed by atoms with Crippen LogP contribution in [0.4, 0.5) is 10.1 Å². The largest absolute Gasteiger partial charge is 0.481 e. The Balaban J connectivity index is 2.26. The molecule has 1 aromatic carbocycles. The molecule has 6 heteroatoms. The highest BCUT2D eigenvalue weighted by molar-refractivity contribution is 6.01. The summed E-state index contributed by atoms with van der Waals surface area (Å²) in [6.07, 6.45) is 0.318. The van der Waals surface area contributed by atoms with E-state index in [1.807, 2.05) is 0 Å². The number of carbonyl (C=O) groups excluding carboxylic acids is 1. The molecule has 1 heterocycles. The minimum absolute atomic E-state index is 0.0707. The number of amides is 1. The molecule has 5 nitrogen and oxygen atoms in total. The lowest BCUT2D eigenvalue weighted by Gasteiger charge is -2.15. The lowest BCUT2D eigenvalue weighted by atomic mass is 9.99. The molecule has 0 fully saturated rings. The molecule has 1 unspecified atom stereocenters. The number of benzene rings is 1. The monoisotopic (exact) mass is 266 g/mol. The molecule has 2 rings (SSSR count). The number of carboxylic acids is 1. The van der Waals surface area contributed by atoms with E-state index in [1.54, 1.807) is 6.07 Å². The molecule has 1 atom stereocenters. The Morgan fingerprint density at radius 1 is 1.58 bits per heavy atom. The molecule has 0 spiro atoms. The number of hydrogen-bond acceptors (Lipinski definition) is 3. The highest BCUT2D eigenvalue weighted by Crippen LogP contribution is 2.33. The van der Waals surface area contributed by atoms with Crippen molar-refractivity contribution < 1.29 is 19.1 Å². The summed E-state index contributed by atoms with van der Waals surface area (Å²) in [5, 5.41) is 8.61. The maximum absolute atomic E-state index is 14.0. The van der Waals surface area contributed by atoms with Crippen LogP contribution in [-0.2, 0) is 16.0 Å². The summed E-state index contributed by atoms with van der Waals surface area (Å²) in [7, 11) is 1.53. The van der Waals surface area contributed by atoms with Crippen molar-refractivity contribution in [2.24, 2.45) is 5.73 Å². The van der Waals surface area contributed by atoms with E-state index >= 15 is 0 Å². The number of nitrogens with two attached hydrogens (primary N) is 1. The first-order valence-electron chi connectivity index (χ1n) is 5.96. The van der Waals surface area contributed by atoms with Crippen molar-refractivity contribution in [1.29, 1.82) is 0 Å². The summed E-state index contributed by atoms with van der Waals surface area (Å²) in [6.45, 7) is 0. The number of anilines is 1. The first kappa shape index (κ1) is 13.5. The molecule has 1 amide bonds. The second-order valence-electron chi connectivity index (χ2n) is 4.68. The van der Waals surface area contributed by atoms with E-state index in [9.17, 15) is 14.0 Å². The van der Waals surface area contributed by atoms with Gasteiger partial charge in [0, 0.05) is 19.5 Å². The Morgan fingerprint density at radius 2 is 2.26 bits per heavy atom. The fourth-order valence-corrected chi connectivity index (χ4v) is 2.26. The van der Waals surface area contributed by atoms with Crippen LogP contribution in [0.15, 0.2) is 12.1 Å².